The highest BCUT2D eigenvalue weighted by Gasteiger charge is 2.22. The molecule has 0 radical (unpaired) electrons. The van der Waals surface area contributed by atoms with Crippen molar-refractivity contribution in [3.63, 3.8) is 0 Å². The van der Waals surface area contributed by atoms with Gasteiger partial charge in [-0.2, -0.15) is 10.5 Å². The topological polar surface area (TPSA) is 62.4 Å². The molecule has 0 aliphatic rings. The highest BCUT2D eigenvalue weighted by molar-refractivity contribution is 6.15. The number of hydrogen-bond acceptors (Lipinski definition) is 2. The normalized spacial score (nSPS) is 11.6. The summed E-state index contributed by atoms with van der Waals surface area (Å²) < 4.78 is 6.90. The van der Waals surface area contributed by atoms with Gasteiger partial charge in [0, 0.05) is 43.6 Å². The lowest BCUT2D eigenvalue weighted by molar-refractivity contribution is 1.13. The molecule has 254 valence electrons. The Labute approximate surface area is 316 Å². The molecule has 0 bridgehead atoms. The predicted molar refractivity (Wildman–Crippen MR) is 224 cm³/mol. The standard InChI is InChI=1S/C50H29N5/c51-30-33-14-10-27-47-49(33)40-19-4-8-25-45(40)54(47)46-26-11-20-35(41(46)31-52)32-13-9-15-34(29-32)53-42-22-5-3-18-38(42)39-21-12-28-48(50(39)53)55-43-23-6-1-16-36(43)37-17-2-7-24-44(37)55/h1-29H. The van der Waals surface area contributed by atoms with Crippen molar-refractivity contribution in [2.24, 2.45) is 0 Å². The molecule has 11 aromatic rings. The molecule has 0 amide bonds. The number of nitriles is 2. The van der Waals surface area contributed by atoms with Crippen LogP contribution in [0.5, 0.6) is 0 Å². The molecule has 0 aliphatic heterocycles. The molecule has 0 saturated carbocycles. The Balaban J connectivity index is 1.17. The second kappa shape index (κ2) is 11.8. The van der Waals surface area contributed by atoms with Gasteiger partial charge in [-0.05, 0) is 66.2 Å². The third-order valence-corrected chi connectivity index (χ3v) is 11.1. The average molecular weight is 700 g/mol. The molecule has 0 spiro atoms. The van der Waals surface area contributed by atoms with Gasteiger partial charge in [0.15, 0.2) is 0 Å². The third-order valence-electron chi connectivity index (χ3n) is 11.1. The van der Waals surface area contributed by atoms with Gasteiger partial charge in [0.2, 0.25) is 0 Å². The predicted octanol–water partition coefficient (Wildman–Crippen LogP) is 12.4. The lowest BCUT2D eigenvalue weighted by atomic mass is 9.98. The van der Waals surface area contributed by atoms with Gasteiger partial charge in [-0.1, -0.05) is 115 Å². The van der Waals surface area contributed by atoms with E-state index in [1.807, 2.05) is 54.6 Å². The molecular formula is C50H29N5. The number of hydrogen-bond donors (Lipinski definition) is 0. The largest absolute Gasteiger partial charge is 0.308 e. The maximum absolute atomic E-state index is 10.9. The fraction of sp³-hybridized carbons (Fsp3) is 0. The van der Waals surface area contributed by atoms with Crippen LogP contribution in [0.1, 0.15) is 11.1 Å². The minimum atomic E-state index is 0.567. The molecule has 5 nitrogen and oxygen atoms in total. The van der Waals surface area contributed by atoms with E-state index in [0.29, 0.717) is 11.1 Å². The molecule has 11 rings (SSSR count). The van der Waals surface area contributed by atoms with Crippen molar-refractivity contribution in [3.05, 3.63) is 187 Å². The maximum Gasteiger partial charge on any atom is 0.102 e. The highest BCUT2D eigenvalue weighted by atomic mass is 15.1. The summed E-state index contributed by atoms with van der Waals surface area (Å²) in [6, 6.07) is 65.9. The molecular weight excluding hydrogens is 671 g/mol. The van der Waals surface area contributed by atoms with Crippen LogP contribution in [0.3, 0.4) is 0 Å². The van der Waals surface area contributed by atoms with Gasteiger partial charge in [0.05, 0.1) is 61.7 Å². The molecule has 8 aromatic carbocycles. The molecule has 5 heteroatoms. The van der Waals surface area contributed by atoms with E-state index < -0.39 is 0 Å². The van der Waals surface area contributed by atoms with Crippen molar-refractivity contribution < 1.29 is 0 Å². The van der Waals surface area contributed by atoms with Crippen LogP contribution >= 0.6 is 0 Å². The molecule has 0 saturated heterocycles. The second-order valence-electron chi connectivity index (χ2n) is 13.9. The molecule has 3 aromatic heterocycles. The summed E-state index contributed by atoms with van der Waals surface area (Å²) in [5.74, 6) is 0. The number of para-hydroxylation sites is 5. The van der Waals surface area contributed by atoms with Gasteiger partial charge in [-0.3, -0.25) is 0 Å². The van der Waals surface area contributed by atoms with Crippen LogP contribution in [0.2, 0.25) is 0 Å². The molecule has 0 N–H and O–H groups in total. The summed E-state index contributed by atoms with van der Waals surface area (Å²) in [6.45, 7) is 0. The average Bonchev–Trinajstić information content (AvgIpc) is 3.89. The molecule has 0 fully saturated rings. The van der Waals surface area contributed by atoms with E-state index in [-0.39, 0.29) is 0 Å². The number of aromatic nitrogens is 3. The zero-order valence-electron chi connectivity index (χ0n) is 29.5. The summed E-state index contributed by atoms with van der Waals surface area (Å²) in [4.78, 5) is 0. The number of fused-ring (bicyclic) bond motifs is 9. The smallest absolute Gasteiger partial charge is 0.102 e. The molecule has 0 aliphatic carbocycles. The Morgan fingerprint density at radius 2 is 0.891 bits per heavy atom. The van der Waals surface area contributed by atoms with Crippen LogP contribution in [-0.4, -0.2) is 13.7 Å². The van der Waals surface area contributed by atoms with Crippen LogP contribution in [0.15, 0.2) is 176 Å². The number of benzene rings is 8. The Morgan fingerprint density at radius 3 is 1.58 bits per heavy atom. The first-order valence-electron chi connectivity index (χ1n) is 18.3. The Bertz CT molecular complexity index is 3420. The van der Waals surface area contributed by atoms with E-state index in [9.17, 15) is 10.5 Å². The van der Waals surface area contributed by atoms with Crippen LogP contribution in [-0.2, 0) is 0 Å². The zero-order chi connectivity index (χ0) is 36.6. The fourth-order valence-corrected chi connectivity index (χ4v) is 8.90. The Morgan fingerprint density at radius 1 is 0.382 bits per heavy atom. The fourth-order valence-electron chi connectivity index (χ4n) is 8.90. The minimum Gasteiger partial charge on any atom is -0.308 e. The van der Waals surface area contributed by atoms with Gasteiger partial charge in [0.25, 0.3) is 0 Å². The second-order valence-corrected chi connectivity index (χ2v) is 13.9. The van der Waals surface area contributed by atoms with Gasteiger partial charge >= 0.3 is 0 Å². The van der Waals surface area contributed by atoms with Crippen molar-refractivity contribution in [1.29, 1.82) is 10.5 Å². The molecule has 0 unspecified atom stereocenters. The van der Waals surface area contributed by atoms with E-state index in [0.717, 1.165) is 72.1 Å². The zero-order valence-corrected chi connectivity index (χ0v) is 29.5. The first-order valence-corrected chi connectivity index (χ1v) is 18.3. The number of nitrogens with zero attached hydrogens (tertiary/aromatic N) is 5. The van der Waals surface area contributed by atoms with Crippen molar-refractivity contribution in [1.82, 2.24) is 13.7 Å². The van der Waals surface area contributed by atoms with Crippen molar-refractivity contribution in [3.8, 4) is 40.3 Å². The summed E-state index contributed by atoms with van der Waals surface area (Å²) in [5, 5.41) is 27.6. The van der Waals surface area contributed by atoms with Crippen molar-refractivity contribution in [2.45, 2.75) is 0 Å². The Kier molecular flexibility index (Phi) is 6.61. The number of rotatable bonds is 4. The summed E-state index contributed by atoms with van der Waals surface area (Å²) >= 11 is 0. The van der Waals surface area contributed by atoms with E-state index in [4.69, 9.17) is 0 Å². The van der Waals surface area contributed by atoms with E-state index in [1.54, 1.807) is 0 Å². The molecule has 3 heterocycles. The van der Waals surface area contributed by atoms with E-state index in [2.05, 4.69) is 147 Å². The van der Waals surface area contributed by atoms with Gasteiger partial charge < -0.3 is 13.7 Å². The van der Waals surface area contributed by atoms with E-state index >= 15 is 0 Å². The van der Waals surface area contributed by atoms with Crippen LogP contribution in [0, 0.1) is 22.7 Å². The summed E-state index contributed by atoms with van der Waals surface area (Å²) in [7, 11) is 0. The first kappa shape index (κ1) is 30.7. The monoisotopic (exact) mass is 699 g/mol. The summed E-state index contributed by atoms with van der Waals surface area (Å²) in [5.41, 5.74) is 12.2. The minimum absolute atomic E-state index is 0.567. The first-order chi connectivity index (χ1) is 27.2. The van der Waals surface area contributed by atoms with Crippen LogP contribution in [0.25, 0.3) is 93.6 Å². The van der Waals surface area contributed by atoms with Crippen molar-refractivity contribution in [2.75, 3.05) is 0 Å². The lowest BCUT2D eigenvalue weighted by Gasteiger charge is -2.16. The van der Waals surface area contributed by atoms with Gasteiger partial charge in [-0.15, -0.1) is 0 Å². The lowest BCUT2D eigenvalue weighted by Crippen LogP contribution is -2.01. The third kappa shape index (κ3) is 4.33. The van der Waals surface area contributed by atoms with Crippen molar-refractivity contribution >= 4 is 65.4 Å². The molecule has 55 heavy (non-hydrogen) atoms. The van der Waals surface area contributed by atoms with Crippen LogP contribution < -0.4 is 0 Å². The van der Waals surface area contributed by atoms with Gasteiger partial charge in [-0.25, -0.2) is 0 Å². The SMILES string of the molecule is N#Cc1c(-c2cccc(-n3c4ccccc4c4cccc(-n5c6ccccc6c6ccccc65)c43)c2)cccc1-n1c2ccccc2c2c(C#N)cccc21. The quantitative estimate of drug-likeness (QED) is 0.184. The van der Waals surface area contributed by atoms with Crippen LogP contribution in [0.4, 0.5) is 0 Å². The van der Waals surface area contributed by atoms with E-state index in [1.165, 1.54) is 21.5 Å². The molecule has 0 atom stereocenters. The summed E-state index contributed by atoms with van der Waals surface area (Å²) in [6.07, 6.45) is 0. The van der Waals surface area contributed by atoms with Gasteiger partial charge in [0.1, 0.15) is 6.07 Å². The maximum atomic E-state index is 10.9. The highest BCUT2D eigenvalue weighted by Crippen LogP contribution is 2.41. The Hall–Kier alpha value is -7.86.